The summed E-state index contributed by atoms with van der Waals surface area (Å²) in [5.41, 5.74) is 0.383. The van der Waals surface area contributed by atoms with Gasteiger partial charge in [-0.05, 0) is 43.5 Å². The number of hydrogen-bond acceptors (Lipinski definition) is 4. The molecule has 1 aliphatic heterocycles. The van der Waals surface area contributed by atoms with E-state index in [1.807, 2.05) is 0 Å². The summed E-state index contributed by atoms with van der Waals surface area (Å²) in [6.45, 7) is 1.26. The molecule has 1 amide bonds. The first-order valence-electron chi connectivity index (χ1n) is 8.90. The van der Waals surface area contributed by atoms with Crippen LogP contribution in [0.2, 0.25) is 0 Å². The van der Waals surface area contributed by atoms with Crippen LogP contribution in [0.15, 0.2) is 40.8 Å². The average Bonchev–Trinajstić information content (AvgIpc) is 3.14. The second-order valence-corrected chi connectivity index (χ2v) is 6.35. The fourth-order valence-corrected chi connectivity index (χ4v) is 2.99. The van der Waals surface area contributed by atoms with Crippen molar-refractivity contribution in [3.05, 3.63) is 48.0 Å². The maximum absolute atomic E-state index is 13.8. The van der Waals surface area contributed by atoms with Crippen molar-refractivity contribution in [1.82, 2.24) is 4.90 Å². The molecule has 1 fully saturated rings. The zero-order valence-electron chi connectivity index (χ0n) is 14.6. The minimum Gasteiger partial charge on any atom is -0.461 e. The number of carbonyl (C=O) groups is 2. The number of nitrogens with zero attached hydrogens (tertiary/aromatic N) is 1. The van der Waals surface area contributed by atoms with Gasteiger partial charge < -0.3 is 14.1 Å². The molecular weight excluding hydrogens is 337 g/mol. The van der Waals surface area contributed by atoms with Crippen LogP contribution in [-0.2, 0) is 20.7 Å². The Morgan fingerprint density at radius 1 is 1.08 bits per heavy atom. The quantitative estimate of drug-likeness (QED) is 0.740. The van der Waals surface area contributed by atoms with Crippen molar-refractivity contribution >= 4 is 11.9 Å². The highest BCUT2D eigenvalue weighted by molar-refractivity contribution is 5.80. The number of ether oxygens (including phenoxy) is 1. The standard InChI is InChI=1S/C20H22FNO4/c21-17-7-3-2-6-16(17)18-10-8-15(26-18)9-11-20(24)25-14-19(23)22-12-4-1-5-13-22/h2-3,6-8,10H,1,4-5,9,11-14H2. The molecule has 0 bridgehead atoms. The fourth-order valence-electron chi connectivity index (χ4n) is 2.99. The molecule has 6 heteroatoms. The molecule has 0 spiro atoms. The van der Waals surface area contributed by atoms with Gasteiger partial charge in [-0.3, -0.25) is 9.59 Å². The summed E-state index contributed by atoms with van der Waals surface area (Å²) in [5, 5.41) is 0. The van der Waals surface area contributed by atoms with Crippen LogP contribution in [0.25, 0.3) is 11.3 Å². The van der Waals surface area contributed by atoms with E-state index in [0.29, 0.717) is 23.5 Å². The van der Waals surface area contributed by atoms with Crippen LogP contribution >= 0.6 is 0 Å². The minimum absolute atomic E-state index is 0.109. The zero-order valence-corrected chi connectivity index (χ0v) is 14.6. The van der Waals surface area contributed by atoms with Crippen LogP contribution in [-0.4, -0.2) is 36.5 Å². The van der Waals surface area contributed by atoms with E-state index in [2.05, 4.69) is 0 Å². The molecule has 1 aromatic carbocycles. The number of piperidine rings is 1. The monoisotopic (exact) mass is 359 g/mol. The van der Waals surface area contributed by atoms with E-state index >= 15 is 0 Å². The maximum atomic E-state index is 13.8. The molecule has 0 radical (unpaired) electrons. The minimum atomic E-state index is -0.445. The number of likely N-dealkylation sites (tertiary alicyclic amines) is 1. The first-order chi connectivity index (χ1) is 12.6. The Hall–Kier alpha value is -2.63. The number of halogens is 1. The highest BCUT2D eigenvalue weighted by Gasteiger charge is 2.18. The molecular formula is C20H22FNO4. The van der Waals surface area contributed by atoms with E-state index in [9.17, 15) is 14.0 Å². The number of rotatable bonds is 6. The van der Waals surface area contributed by atoms with Crippen molar-refractivity contribution < 1.29 is 23.1 Å². The predicted molar refractivity (Wildman–Crippen MR) is 93.8 cm³/mol. The first-order valence-corrected chi connectivity index (χ1v) is 8.90. The molecule has 0 saturated carbocycles. The lowest BCUT2D eigenvalue weighted by Crippen LogP contribution is -2.38. The fraction of sp³-hybridized carbons (Fsp3) is 0.400. The van der Waals surface area contributed by atoms with Crippen molar-refractivity contribution in [1.29, 1.82) is 0 Å². The molecule has 0 N–H and O–H groups in total. The molecule has 0 atom stereocenters. The summed E-state index contributed by atoms with van der Waals surface area (Å²) in [5.74, 6) is 0.0513. The Morgan fingerprint density at radius 2 is 1.85 bits per heavy atom. The van der Waals surface area contributed by atoms with Crippen LogP contribution in [0.3, 0.4) is 0 Å². The van der Waals surface area contributed by atoms with E-state index in [1.54, 1.807) is 35.2 Å². The number of amides is 1. The van der Waals surface area contributed by atoms with Gasteiger partial charge in [-0.15, -0.1) is 0 Å². The van der Waals surface area contributed by atoms with E-state index in [4.69, 9.17) is 9.15 Å². The molecule has 1 aliphatic rings. The van der Waals surface area contributed by atoms with Crippen molar-refractivity contribution in [2.45, 2.75) is 32.1 Å². The third-order valence-corrected chi connectivity index (χ3v) is 4.44. The van der Waals surface area contributed by atoms with Gasteiger partial charge in [0, 0.05) is 19.5 Å². The molecule has 1 aromatic heterocycles. The third kappa shape index (κ3) is 4.71. The van der Waals surface area contributed by atoms with Gasteiger partial charge in [0.2, 0.25) is 0 Å². The Balaban J connectivity index is 1.45. The van der Waals surface area contributed by atoms with Crippen molar-refractivity contribution in [2.24, 2.45) is 0 Å². The zero-order chi connectivity index (χ0) is 18.4. The van der Waals surface area contributed by atoms with Gasteiger partial charge in [0.15, 0.2) is 6.61 Å². The Bertz CT molecular complexity index is 765. The maximum Gasteiger partial charge on any atom is 0.306 e. The lowest BCUT2D eigenvalue weighted by atomic mass is 10.1. The molecule has 0 aliphatic carbocycles. The highest BCUT2D eigenvalue weighted by Crippen LogP contribution is 2.25. The number of aryl methyl sites for hydroxylation is 1. The molecule has 2 heterocycles. The van der Waals surface area contributed by atoms with Gasteiger partial charge in [-0.2, -0.15) is 0 Å². The molecule has 26 heavy (non-hydrogen) atoms. The van der Waals surface area contributed by atoms with Crippen LogP contribution in [0, 0.1) is 5.82 Å². The number of carbonyl (C=O) groups excluding carboxylic acids is 2. The molecule has 138 valence electrons. The second-order valence-electron chi connectivity index (χ2n) is 6.35. The summed E-state index contributed by atoms with van der Waals surface area (Å²) in [7, 11) is 0. The summed E-state index contributed by atoms with van der Waals surface area (Å²) in [6, 6.07) is 9.75. The topological polar surface area (TPSA) is 59.8 Å². The van der Waals surface area contributed by atoms with Crippen LogP contribution < -0.4 is 0 Å². The second kappa shape index (κ2) is 8.65. The van der Waals surface area contributed by atoms with E-state index in [1.165, 1.54) is 6.07 Å². The number of hydrogen-bond donors (Lipinski definition) is 0. The van der Waals surface area contributed by atoms with E-state index < -0.39 is 5.97 Å². The van der Waals surface area contributed by atoms with Crippen LogP contribution in [0.1, 0.15) is 31.4 Å². The van der Waals surface area contributed by atoms with E-state index in [0.717, 1.165) is 32.4 Å². The lowest BCUT2D eigenvalue weighted by molar-refractivity contribution is -0.152. The molecule has 1 saturated heterocycles. The molecule has 3 rings (SSSR count). The highest BCUT2D eigenvalue weighted by atomic mass is 19.1. The lowest BCUT2D eigenvalue weighted by Gasteiger charge is -2.26. The van der Waals surface area contributed by atoms with Gasteiger partial charge in [-0.1, -0.05) is 12.1 Å². The molecule has 2 aromatic rings. The van der Waals surface area contributed by atoms with Crippen molar-refractivity contribution in [2.75, 3.05) is 19.7 Å². The van der Waals surface area contributed by atoms with Crippen molar-refractivity contribution in [3.8, 4) is 11.3 Å². The number of esters is 1. The Morgan fingerprint density at radius 3 is 2.62 bits per heavy atom. The van der Waals surface area contributed by atoms with Crippen LogP contribution in [0.4, 0.5) is 4.39 Å². The molecule has 5 nitrogen and oxygen atoms in total. The normalized spacial score (nSPS) is 14.3. The first kappa shape index (κ1) is 18.2. The Labute approximate surface area is 151 Å². The van der Waals surface area contributed by atoms with Gasteiger partial charge >= 0.3 is 5.97 Å². The summed E-state index contributed by atoms with van der Waals surface area (Å²) in [6.07, 6.45) is 3.59. The average molecular weight is 359 g/mol. The SMILES string of the molecule is O=C(CCc1ccc(-c2ccccc2F)o1)OCC(=O)N1CCCCC1. The van der Waals surface area contributed by atoms with E-state index in [-0.39, 0.29) is 24.8 Å². The smallest absolute Gasteiger partial charge is 0.306 e. The van der Waals surface area contributed by atoms with Gasteiger partial charge in [0.25, 0.3) is 5.91 Å². The number of benzene rings is 1. The predicted octanol–water partition coefficient (Wildman–Crippen LogP) is 3.57. The number of furan rings is 1. The van der Waals surface area contributed by atoms with Gasteiger partial charge in [0.05, 0.1) is 12.0 Å². The summed E-state index contributed by atoms with van der Waals surface area (Å²) < 4.78 is 24.4. The van der Waals surface area contributed by atoms with Crippen LogP contribution in [0.5, 0.6) is 0 Å². The summed E-state index contributed by atoms with van der Waals surface area (Å²) in [4.78, 5) is 25.5. The van der Waals surface area contributed by atoms with Gasteiger partial charge in [-0.25, -0.2) is 4.39 Å². The largest absolute Gasteiger partial charge is 0.461 e. The van der Waals surface area contributed by atoms with Crippen molar-refractivity contribution in [3.63, 3.8) is 0 Å². The van der Waals surface area contributed by atoms with Gasteiger partial charge in [0.1, 0.15) is 17.3 Å². The third-order valence-electron chi connectivity index (χ3n) is 4.44. The summed E-state index contributed by atoms with van der Waals surface area (Å²) >= 11 is 0. The molecule has 0 unspecified atom stereocenters. The Kier molecular flexibility index (Phi) is 6.04.